The number of hydrogen-bond donors (Lipinski definition) is 1. The zero-order valence-corrected chi connectivity index (χ0v) is 14.8. The minimum atomic E-state index is -3.79. The van der Waals surface area contributed by atoms with E-state index in [1.165, 1.54) is 16.4 Å². The molecule has 0 bridgehead atoms. The SMILES string of the molecule is CNC[C@H]1CCN(S(=O)(=O)c2cc(S(C)(=O)=O)ccc2Cl)C1. The van der Waals surface area contributed by atoms with Crippen LogP contribution in [-0.2, 0) is 19.9 Å². The highest BCUT2D eigenvalue weighted by Crippen LogP contribution is 2.30. The summed E-state index contributed by atoms with van der Waals surface area (Å²) in [5.41, 5.74) is 0. The highest BCUT2D eigenvalue weighted by Gasteiger charge is 2.34. The molecule has 2 rings (SSSR count). The number of sulfonamides is 1. The minimum Gasteiger partial charge on any atom is -0.319 e. The van der Waals surface area contributed by atoms with Crippen molar-refractivity contribution in [3.63, 3.8) is 0 Å². The summed E-state index contributed by atoms with van der Waals surface area (Å²) in [6, 6.07) is 3.76. The van der Waals surface area contributed by atoms with Gasteiger partial charge in [-0.1, -0.05) is 11.6 Å². The Bertz CT molecular complexity index is 762. The summed E-state index contributed by atoms with van der Waals surface area (Å²) in [5, 5.41) is 3.07. The zero-order valence-electron chi connectivity index (χ0n) is 12.4. The summed E-state index contributed by atoms with van der Waals surface area (Å²) in [5.74, 6) is 0.247. The number of nitrogens with one attached hydrogen (secondary N) is 1. The van der Waals surface area contributed by atoms with E-state index < -0.39 is 19.9 Å². The molecule has 0 saturated carbocycles. The minimum absolute atomic E-state index is 0.0319. The van der Waals surface area contributed by atoms with Crippen molar-refractivity contribution in [2.24, 2.45) is 5.92 Å². The topological polar surface area (TPSA) is 83.6 Å². The lowest BCUT2D eigenvalue weighted by molar-refractivity contribution is 0.451. The Labute approximate surface area is 136 Å². The second kappa shape index (κ2) is 6.45. The van der Waals surface area contributed by atoms with Gasteiger partial charge in [0.2, 0.25) is 10.0 Å². The van der Waals surface area contributed by atoms with E-state index in [-0.39, 0.29) is 20.7 Å². The van der Waals surface area contributed by atoms with Crippen LogP contribution in [0, 0.1) is 5.92 Å². The maximum Gasteiger partial charge on any atom is 0.244 e. The van der Waals surface area contributed by atoms with Crippen LogP contribution >= 0.6 is 11.6 Å². The largest absolute Gasteiger partial charge is 0.319 e. The van der Waals surface area contributed by atoms with Gasteiger partial charge in [-0.3, -0.25) is 0 Å². The van der Waals surface area contributed by atoms with Crippen LogP contribution in [0.3, 0.4) is 0 Å². The number of rotatable bonds is 5. The molecule has 1 aromatic carbocycles. The van der Waals surface area contributed by atoms with Crippen LogP contribution in [0.5, 0.6) is 0 Å². The van der Waals surface area contributed by atoms with Gasteiger partial charge in [0.05, 0.1) is 9.92 Å². The van der Waals surface area contributed by atoms with E-state index in [0.717, 1.165) is 25.3 Å². The molecule has 1 aliphatic rings. The first-order chi connectivity index (χ1) is 10.2. The lowest BCUT2D eigenvalue weighted by atomic mass is 10.1. The zero-order chi connectivity index (χ0) is 16.5. The van der Waals surface area contributed by atoms with Crippen molar-refractivity contribution in [2.75, 3.05) is 32.9 Å². The summed E-state index contributed by atoms with van der Waals surface area (Å²) in [4.78, 5) is -0.205. The molecule has 1 N–H and O–H groups in total. The highest BCUT2D eigenvalue weighted by atomic mass is 35.5. The van der Waals surface area contributed by atoms with Crippen molar-refractivity contribution < 1.29 is 16.8 Å². The van der Waals surface area contributed by atoms with Crippen LogP contribution in [0.1, 0.15) is 6.42 Å². The third-order valence-electron chi connectivity index (χ3n) is 3.69. The van der Waals surface area contributed by atoms with E-state index in [1.54, 1.807) is 0 Å². The number of benzene rings is 1. The monoisotopic (exact) mass is 366 g/mol. The molecule has 0 spiro atoms. The van der Waals surface area contributed by atoms with Gasteiger partial charge in [0.15, 0.2) is 9.84 Å². The number of sulfone groups is 1. The molecule has 1 aliphatic heterocycles. The van der Waals surface area contributed by atoms with Crippen molar-refractivity contribution in [2.45, 2.75) is 16.2 Å². The van der Waals surface area contributed by atoms with E-state index >= 15 is 0 Å². The first kappa shape index (κ1) is 17.7. The molecule has 0 radical (unpaired) electrons. The van der Waals surface area contributed by atoms with E-state index in [1.807, 2.05) is 7.05 Å². The van der Waals surface area contributed by atoms with Gasteiger partial charge in [-0.25, -0.2) is 16.8 Å². The summed E-state index contributed by atoms with van der Waals surface area (Å²) in [7, 11) is -5.47. The van der Waals surface area contributed by atoms with Gasteiger partial charge in [-0.15, -0.1) is 0 Å². The number of hydrogen-bond acceptors (Lipinski definition) is 5. The molecule has 9 heteroatoms. The van der Waals surface area contributed by atoms with Crippen LogP contribution in [-0.4, -0.2) is 54.1 Å². The number of halogens is 1. The van der Waals surface area contributed by atoms with Crippen LogP contribution in [0.2, 0.25) is 5.02 Å². The van der Waals surface area contributed by atoms with E-state index in [0.29, 0.717) is 13.1 Å². The molecule has 0 amide bonds. The van der Waals surface area contributed by atoms with Gasteiger partial charge in [-0.2, -0.15) is 4.31 Å². The van der Waals surface area contributed by atoms with Gasteiger partial charge in [0.25, 0.3) is 0 Å². The molecular weight excluding hydrogens is 348 g/mol. The van der Waals surface area contributed by atoms with Crippen LogP contribution in [0.25, 0.3) is 0 Å². The summed E-state index contributed by atoms with van der Waals surface area (Å²) >= 11 is 5.99. The van der Waals surface area contributed by atoms with Crippen molar-refractivity contribution in [1.29, 1.82) is 0 Å². The number of nitrogens with zero attached hydrogens (tertiary/aromatic N) is 1. The third kappa shape index (κ3) is 3.62. The van der Waals surface area contributed by atoms with Crippen molar-refractivity contribution in [3.8, 4) is 0 Å². The maximum absolute atomic E-state index is 12.7. The van der Waals surface area contributed by atoms with Crippen molar-refractivity contribution >= 4 is 31.5 Å². The van der Waals surface area contributed by atoms with E-state index in [4.69, 9.17) is 11.6 Å². The van der Waals surface area contributed by atoms with Gasteiger partial charge in [0, 0.05) is 19.3 Å². The maximum atomic E-state index is 12.7. The Morgan fingerprint density at radius 2 is 2.00 bits per heavy atom. The van der Waals surface area contributed by atoms with Gasteiger partial charge in [0.1, 0.15) is 4.90 Å². The standard InChI is InChI=1S/C13H19ClN2O4S2/c1-15-8-10-5-6-16(9-10)22(19,20)13-7-11(21(2,17)18)3-4-12(13)14/h3-4,7,10,15H,5-6,8-9H2,1-2H3/t10-/m1/s1. The quantitative estimate of drug-likeness (QED) is 0.839. The Morgan fingerprint density at radius 3 is 2.59 bits per heavy atom. The fourth-order valence-corrected chi connectivity index (χ4v) is 5.27. The smallest absolute Gasteiger partial charge is 0.244 e. The lowest BCUT2D eigenvalue weighted by Gasteiger charge is -2.18. The molecule has 124 valence electrons. The average molecular weight is 367 g/mol. The van der Waals surface area contributed by atoms with E-state index in [9.17, 15) is 16.8 Å². The Morgan fingerprint density at radius 1 is 1.32 bits per heavy atom. The second-order valence-corrected chi connectivity index (χ2v) is 9.77. The Hall–Kier alpha value is -0.670. The fourth-order valence-electron chi connectivity index (χ4n) is 2.52. The molecule has 1 saturated heterocycles. The fraction of sp³-hybridized carbons (Fsp3) is 0.538. The van der Waals surface area contributed by atoms with Gasteiger partial charge in [-0.05, 0) is 44.1 Å². The summed E-state index contributed by atoms with van der Waals surface area (Å²) in [6.45, 7) is 1.56. The Balaban J connectivity index is 2.38. The van der Waals surface area contributed by atoms with Crippen molar-refractivity contribution in [1.82, 2.24) is 9.62 Å². The average Bonchev–Trinajstić information content (AvgIpc) is 2.87. The molecule has 1 fully saturated rings. The molecule has 1 aromatic rings. The van der Waals surface area contributed by atoms with E-state index in [2.05, 4.69) is 5.32 Å². The molecule has 0 unspecified atom stereocenters. The predicted molar refractivity (Wildman–Crippen MR) is 85.4 cm³/mol. The van der Waals surface area contributed by atoms with Crippen LogP contribution in [0.15, 0.2) is 28.0 Å². The molecule has 1 heterocycles. The lowest BCUT2D eigenvalue weighted by Crippen LogP contribution is -2.30. The summed E-state index contributed by atoms with van der Waals surface area (Å²) in [6.07, 6.45) is 1.80. The first-order valence-electron chi connectivity index (χ1n) is 6.80. The highest BCUT2D eigenvalue weighted by molar-refractivity contribution is 7.91. The van der Waals surface area contributed by atoms with Gasteiger partial charge >= 0.3 is 0 Å². The second-order valence-electron chi connectivity index (χ2n) is 5.44. The normalized spacial score (nSPS) is 20.4. The van der Waals surface area contributed by atoms with Crippen LogP contribution in [0.4, 0.5) is 0 Å². The molecule has 0 aliphatic carbocycles. The predicted octanol–water partition coefficient (Wildman–Crippen LogP) is 0.974. The van der Waals surface area contributed by atoms with Crippen molar-refractivity contribution in [3.05, 3.63) is 23.2 Å². The van der Waals surface area contributed by atoms with Gasteiger partial charge < -0.3 is 5.32 Å². The Kier molecular flexibility index (Phi) is 5.18. The third-order valence-corrected chi connectivity index (χ3v) is 7.15. The molecule has 22 heavy (non-hydrogen) atoms. The molecular formula is C13H19ClN2O4S2. The molecule has 1 atom stereocenters. The van der Waals surface area contributed by atoms with Crippen LogP contribution < -0.4 is 5.32 Å². The molecule has 0 aromatic heterocycles. The summed E-state index contributed by atoms with van der Waals surface area (Å²) < 4.78 is 50.0. The molecule has 6 nitrogen and oxygen atoms in total. The first-order valence-corrected chi connectivity index (χ1v) is 10.5.